The van der Waals surface area contributed by atoms with Gasteiger partial charge in [0.25, 0.3) is 0 Å². The predicted octanol–water partition coefficient (Wildman–Crippen LogP) is 2.66. The zero-order chi connectivity index (χ0) is 17.4. The largest absolute Gasteiger partial charge is 0.458 e. The fourth-order valence-corrected chi connectivity index (χ4v) is 5.15. The molecule has 2 fully saturated rings. The summed E-state index contributed by atoms with van der Waals surface area (Å²) in [7, 11) is 0. The molecule has 5 atom stereocenters. The van der Waals surface area contributed by atoms with E-state index in [1.165, 1.54) is 19.3 Å². The first kappa shape index (κ1) is 17.1. The topological polar surface area (TPSA) is 53.9 Å². The molecule has 5 nitrogen and oxygen atoms in total. The lowest BCUT2D eigenvalue weighted by molar-refractivity contribution is -0.150. The number of carbonyl (C=O) groups excluding carboxylic acids is 1. The minimum atomic E-state index is -0.175. The number of ether oxygens (including phenoxy) is 1. The van der Waals surface area contributed by atoms with Gasteiger partial charge in [0.1, 0.15) is 11.9 Å². The molecule has 0 amide bonds. The van der Waals surface area contributed by atoms with Gasteiger partial charge in [-0.3, -0.25) is 4.99 Å². The number of nitrogens with one attached hydrogen (secondary N) is 1. The molecule has 4 aliphatic rings. The molecule has 1 N–H and O–H groups in total. The van der Waals surface area contributed by atoms with Gasteiger partial charge < -0.3 is 15.0 Å². The molecule has 2 aliphatic carbocycles. The van der Waals surface area contributed by atoms with Gasteiger partial charge in [-0.1, -0.05) is 32.8 Å². The number of aliphatic imine (C=N–C) groups is 1. The van der Waals surface area contributed by atoms with Crippen LogP contribution >= 0.6 is 0 Å². The predicted molar refractivity (Wildman–Crippen MR) is 98.6 cm³/mol. The van der Waals surface area contributed by atoms with Crippen molar-refractivity contribution in [1.29, 1.82) is 0 Å². The molecule has 25 heavy (non-hydrogen) atoms. The third kappa shape index (κ3) is 3.23. The van der Waals surface area contributed by atoms with E-state index in [4.69, 9.17) is 9.73 Å². The van der Waals surface area contributed by atoms with Crippen molar-refractivity contribution >= 4 is 11.8 Å². The maximum Gasteiger partial charge on any atom is 0.341 e. The molecule has 5 unspecified atom stereocenters. The van der Waals surface area contributed by atoms with E-state index in [2.05, 4.69) is 30.1 Å². The zero-order valence-electron chi connectivity index (χ0n) is 15.5. The molecule has 2 aliphatic heterocycles. The van der Waals surface area contributed by atoms with Crippen molar-refractivity contribution < 1.29 is 9.53 Å². The molecule has 0 spiro atoms. The van der Waals surface area contributed by atoms with Crippen LogP contribution in [0, 0.1) is 5.92 Å². The first-order valence-electron chi connectivity index (χ1n) is 10.2. The van der Waals surface area contributed by atoms with Gasteiger partial charge in [0.2, 0.25) is 0 Å². The highest BCUT2D eigenvalue weighted by molar-refractivity contribution is 6.19. The summed E-state index contributed by atoms with van der Waals surface area (Å²) in [6, 6.07) is 1.32. The Hall–Kier alpha value is -1.36. The second-order valence-electron chi connectivity index (χ2n) is 7.96. The molecule has 4 rings (SSSR count). The zero-order valence-corrected chi connectivity index (χ0v) is 15.5. The van der Waals surface area contributed by atoms with E-state index in [0.29, 0.717) is 29.6 Å². The highest BCUT2D eigenvalue weighted by Crippen LogP contribution is 2.36. The van der Waals surface area contributed by atoms with Crippen molar-refractivity contribution in [2.75, 3.05) is 13.1 Å². The van der Waals surface area contributed by atoms with Crippen LogP contribution in [0.25, 0.3) is 0 Å². The van der Waals surface area contributed by atoms with Crippen LogP contribution in [0.4, 0.5) is 0 Å². The molecule has 2 saturated carbocycles. The maximum absolute atomic E-state index is 12.6. The van der Waals surface area contributed by atoms with E-state index in [1.54, 1.807) is 0 Å². The van der Waals surface area contributed by atoms with Crippen LogP contribution in [0.1, 0.15) is 58.8 Å². The van der Waals surface area contributed by atoms with Gasteiger partial charge in [0, 0.05) is 24.4 Å². The van der Waals surface area contributed by atoms with E-state index < -0.39 is 0 Å². The highest BCUT2D eigenvalue weighted by Gasteiger charge is 2.41. The molecule has 0 aromatic carbocycles. The van der Waals surface area contributed by atoms with Crippen molar-refractivity contribution in [3.05, 3.63) is 11.6 Å². The van der Waals surface area contributed by atoms with Gasteiger partial charge in [-0.05, 0) is 38.8 Å². The third-order valence-corrected chi connectivity index (χ3v) is 6.60. The Kier molecular flexibility index (Phi) is 4.85. The summed E-state index contributed by atoms with van der Waals surface area (Å²) in [5, 5.41) is 3.51. The summed E-state index contributed by atoms with van der Waals surface area (Å²) in [5.41, 5.74) is 0.692. The normalized spacial score (nSPS) is 37.6. The van der Waals surface area contributed by atoms with Crippen LogP contribution in [-0.2, 0) is 9.53 Å². The average Bonchev–Trinajstić information content (AvgIpc) is 3.06. The minimum absolute atomic E-state index is 0.0416. The molecular weight excluding hydrogens is 314 g/mol. The SMILES string of the molecule is CCN(CC)C1CCC2C=C(C3=NC4CCCCC4N3)C(=O)OC2C1. The number of hydrogen-bond acceptors (Lipinski definition) is 5. The van der Waals surface area contributed by atoms with Crippen molar-refractivity contribution in [2.24, 2.45) is 10.9 Å². The average molecular weight is 345 g/mol. The fraction of sp³-hybridized carbons (Fsp3) is 0.800. The first-order valence-corrected chi connectivity index (χ1v) is 10.2. The number of amidine groups is 1. The lowest BCUT2D eigenvalue weighted by Crippen LogP contribution is -2.47. The van der Waals surface area contributed by atoms with Crippen LogP contribution in [0.3, 0.4) is 0 Å². The van der Waals surface area contributed by atoms with Crippen LogP contribution in [0.15, 0.2) is 16.6 Å². The molecule has 2 heterocycles. The molecule has 138 valence electrons. The Morgan fingerprint density at radius 3 is 2.76 bits per heavy atom. The molecule has 5 heteroatoms. The van der Waals surface area contributed by atoms with Crippen molar-refractivity contribution in [1.82, 2.24) is 10.2 Å². The smallest absolute Gasteiger partial charge is 0.341 e. The first-order chi connectivity index (χ1) is 12.2. The van der Waals surface area contributed by atoms with Gasteiger partial charge in [0.15, 0.2) is 0 Å². The van der Waals surface area contributed by atoms with Gasteiger partial charge in [0.05, 0.1) is 11.6 Å². The minimum Gasteiger partial charge on any atom is -0.458 e. The number of carbonyl (C=O) groups is 1. The Balaban J connectivity index is 1.47. The quantitative estimate of drug-likeness (QED) is 0.796. The molecule has 0 aromatic heterocycles. The number of esters is 1. The summed E-state index contributed by atoms with van der Waals surface area (Å²) in [4.78, 5) is 19.9. The van der Waals surface area contributed by atoms with E-state index in [-0.39, 0.29) is 12.1 Å². The fourth-order valence-electron chi connectivity index (χ4n) is 5.15. The van der Waals surface area contributed by atoms with Crippen LogP contribution in [-0.4, -0.2) is 54.0 Å². The van der Waals surface area contributed by atoms with Gasteiger partial charge in [-0.25, -0.2) is 4.79 Å². The Morgan fingerprint density at radius 1 is 1.20 bits per heavy atom. The molecule has 0 aromatic rings. The second-order valence-corrected chi connectivity index (χ2v) is 7.96. The second kappa shape index (κ2) is 7.10. The van der Waals surface area contributed by atoms with Crippen molar-refractivity contribution in [2.45, 2.75) is 83.0 Å². The van der Waals surface area contributed by atoms with Gasteiger partial charge in [-0.15, -0.1) is 0 Å². The van der Waals surface area contributed by atoms with Crippen LogP contribution in [0.2, 0.25) is 0 Å². The number of hydrogen-bond donors (Lipinski definition) is 1. The Morgan fingerprint density at radius 2 is 2.00 bits per heavy atom. The number of rotatable bonds is 4. The molecule has 0 saturated heterocycles. The van der Waals surface area contributed by atoms with E-state index in [1.807, 2.05) is 0 Å². The summed E-state index contributed by atoms with van der Waals surface area (Å²) in [5.74, 6) is 0.976. The lowest BCUT2D eigenvalue weighted by Gasteiger charge is -2.41. The molecule has 0 radical (unpaired) electrons. The molecular formula is C20H31N3O2. The Bertz CT molecular complexity index is 581. The summed E-state index contributed by atoms with van der Waals surface area (Å²) in [6.45, 7) is 6.56. The van der Waals surface area contributed by atoms with E-state index in [0.717, 1.165) is 44.6 Å². The molecule has 0 bridgehead atoms. The van der Waals surface area contributed by atoms with Gasteiger partial charge in [-0.2, -0.15) is 0 Å². The van der Waals surface area contributed by atoms with Crippen LogP contribution in [0.5, 0.6) is 0 Å². The summed E-state index contributed by atoms with van der Waals surface area (Å²) >= 11 is 0. The summed E-state index contributed by atoms with van der Waals surface area (Å²) < 4.78 is 5.88. The van der Waals surface area contributed by atoms with E-state index in [9.17, 15) is 4.79 Å². The lowest BCUT2D eigenvalue weighted by atomic mass is 9.80. The monoisotopic (exact) mass is 345 g/mol. The van der Waals surface area contributed by atoms with Crippen molar-refractivity contribution in [3.8, 4) is 0 Å². The maximum atomic E-state index is 12.6. The summed E-state index contributed by atoms with van der Waals surface area (Å²) in [6.07, 6.45) is 10.3. The highest BCUT2D eigenvalue weighted by atomic mass is 16.5. The standard InChI is InChI=1S/C20H31N3O2/c1-3-23(4-2)14-10-9-13-11-15(20(24)25-18(13)12-14)19-21-16-7-5-6-8-17(16)22-19/h11,13-14,16-18H,3-10,12H2,1-2H3,(H,21,22). The third-order valence-electron chi connectivity index (χ3n) is 6.60. The number of nitrogens with zero attached hydrogens (tertiary/aromatic N) is 2. The van der Waals surface area contributed by atoms with Crippen molar-refractivity contribution in [3.63, 3.8) is 0 Å². The van der Waals surface area contributed by atoms with Gasteiger partial charge >= 0.3 is 5.97 Å². The number of fused-ring (bicyclic) bond motifs is 2. The van der Waals surface area contributed by atoms with E-state index >= 15 is 0 Å². The Labute approximate surface area is 150 Å². The van der Waals surface area contributed by atoms with Crippen LogP contribution < -0.4 is 5.32 Å².